The summed E-state index contributed by atoms with van der Waals surface area (Å²) in [7, 11) is 1.63. The van der Waals surface area contributed by atoms with Crippen molar-refractivity contribution in [3.8, 4) is 5.75 Å². The van der Waals surface area contributed by atoms with E-state index in [1.54, 1.807) is 7.11 Å². The number of hydrogen-bond acceptors (Lipinski definition) is 3. The van der Waals surface area contributed by atoms with Crippen molar-refractivity contribution in [2.75, 3.05) is 7.11 Å². The first-order valence-corrected chi connectivity index (χ1v) is 8.18. The summed E-state index contributed by atoms with van der Waals surface area (Å²) in [5.74, 6) is 2.09. The van der Waals surface area contributed by atoms with E-state index < -0.39 is 0 Å². The van der Waals surface area contributed by atoms with Crippen molar-refractivity contribution in [3.63, 3.8) is 0 Å². The Hall–Kier alpha value is -1.55. The number of benzene rings is 1. The maximum atomic E-state index is 12.9. The summed E-state index contributed by atoms with van der Waals surface area (Å²) in [5, 5.41) is 1.86. The van der Waals surface area contributed by atoms with Gasteiger partial charge in [-0.1, -0.05) is 13.3 Å². The molecule has 22 heavy (non-hydrogen) atoms. The first kappa shape index (κ1) is 15.3. The lowest BCUT2D eigenvalue weighted by Gasteiger charge is -2.37. The second-order valence-electron chi connectivity index (χ2n) is 7.28. The molecule has 4 nitrogen and oxygen atoms in total. The molecular formula is C18H26N2O2. The van der Waals surface area contributed by atoms with Crippen molar-refractivity contribution >= 4 is 5.91 Å². The van der Waals surface area contributed by atoms with E-state index in [2.05, 4.69) is 26.2 Å². The first-order valence-electron chi connectivity index (χ1n) is 8.18. The van der Waals surface area contributed by atoms with Crippen LogP contribution in [0.3, 0.4) is 0 Å². The zero-order valence-corrected chi connectivity index (χ0v) is 13.9. The molecule has 0 aromatic heterocycles. The Bertz CT molecular complexity index is 553. The summed E-state index contributed by atoms with van der Waals surface area (Å²) in [6.07, 6.45) is 3.61. The molecular weight excluding hydrogens is 276 g/mol. The van der Waals surface area contributed by atoms with E-state index >= 15 is 0 Å². The maximum absolute atomic E-state index is 12.9. The molecule has 1 heterocycles. The summed E-state index contributed by atoms with van der Waals surface area (Å²) in [6, 6.07) is 7.77. The SMILES string of the molecule is COc1ccc(C(=O)N2NC3CC(C)CCC3C2(C)C)cc1. The molecule has 3 atom stereocenters. The Balaban J connectivity index is 1.82. The second kappa shape index (κ2) is 5.58. The number of rotatable bonds is 2. The number of hydrazine groups is 1. The number of fused-ring (bicyclic) bond motifs is 1. The summed E-state index contributed by atoms with van der Waals surface area (Å²) >= 11 is 0. The molecule has 1 amide bonds. The predicted molar refractivity (Wildman–Crippen MR) is 86.7 cm³/mol. The highest BCUT2D eigenvalue weighted by molar-refractivity contribution is 5.94. The van der Waals surface area contributed by atoms with Crippen LogP contribution in [-0.4, -0.2) is 29.6 Å². The molecule has 1 aromatic rings. The van der Waals surface area contributed by atoms with Crippen molar-refractivity contribution in [2.45, 2.75) is 51.6 Å². The van der Waals surface area contributed by atoms with Gasteiger partial charge in [0.25, 0.3) is 5.91 Å². The third-order valence-electron chi connectivity index (χ3n) is 5.43. The lowest BCUT2D eigenvalue weighted by atomic mass is 9.72. The minimum Gasteiger partial charge on any atom is -0.497 e. The van der Waals surface area contributed by atoms with Crippen LogP contribution >= 0.6 is 0 Å². The van der Waals surface area contributed by atoms with Crippen LogP contribution in [0.15, 0.2) is 24.3 Å². The van der Waals surface area contributed by atoms with Crippen molar-refractivity contribution in [1.29, 1.82) is 0 Å². The molecule has 3 unspecified atom stereocenters. The van der Waals surface area contributed by atoms with Crippen LogP contribution in [0.2, 0.25) is 0 Å². The van der Waals surface area contributed by atoms with E-state index in [1.807, 2.05) is 29.3 Å². The van der Waals surface area contributed by atoms with Crippen molar-refractivity contribution < 1.29 is 9.53 Å². The average Bonchev–Trinajstić information content (AvgIpc) is 2.77. The molecule has 1 saturated carbocycles. The Labute approximate surface area is 132 Å². The Kier molecular flexibility index (Phi) is 3.89. The number of nitrogens with one attached hydrogen (secondary N) is 1. The van der Waals surface area contributed by atoms with E-state index in [-0.39, 0.29) is 11.4 Å². The summed E-state index contributed by atoms with van der Waals surface area (Å²) in [4.78, 5) is 12.9. The molecule has 120 valence electrons. The van der Waals surface area contributed by atoms with E-state index in [0.29, 0.717) is 17.5 Å². The van der Waals surface area contributed by atoms with Crippen LogP contribution in [0, 0.1) is 11.8 Å². The minimum atomic E-state index is -0.151. The van der Waals surface area contributed by atoms with Gasteiger partial charge in [-0.05, 0) is 56.9 Å². The standard InChI is InChI=1S/C18H26N2O2/c1-12-5-10-15-16(11-12)19-20(18(15,2)3)17(21)13-6-8-14(22-4)9-7-13/h6-9,12,15-16,19H,5,10-11H2,1-4H3. The molecule has 1 N–H and O–H groups in total. The third kappa shape index (κ3) is 2.50. The van der Waals surface area contributed by atoms with Crippen LogP contribution < -0.4 is 10.2 Å². The molecule has 0 bridgehead atoms. The van der Waals surface area contributed by atoms with Gasteiger partial charge in [0.05, 0.1) is 12.6 Å². The molecule has 2 aliphatic rings. The normalized spacial score (nSPS) is 30.0. The largest absolute Gasteiger partial charge is 0.497 e. The van der Waals surface area contributed by atoms with Gasteiger partial charge < -0.3 is 4.74 Å². The third-order valence-corrected chi connectivity index (χ3v) is 5.43. The molecule has 0 spiro atoms. The van der Waals surface area contributed by atoms with Crippen LogP contribution in [0.1, 0.15) is 50.4 Å². The van der Waals surface area contributed by atoms with E-state index in [9.17, 15) is 4.79 Å². The van der Waals surface area contributed by atoms with Gasteiger partial charge in [0.1, 0.15) is 5.75 Å². The number of carbonyl (C=O) groups is 1. The Morgan fingerprint density at radius 2 is 1.95 bits per heavy atom. The lowest BCUT2D eigenvalue weighted by Crippen LogP contribution is -2.50. The second-order valence-corrected chi connectivity index (χ2v) is 7.28. The topological polar surface area (TPSA) is 41.6 Å². The van der Waals surface area contributed by atoms with Gasteiger partial charge in [-0.25, -0.2) is 5.43 Å². The highest BCUT2D eigenvalue weighted by Gasteiger charge is 2.51. The zero-order chi connectivity index (χ0) is 15.9. The average molecular weight is 302 g/mol. The first-order chi connectivity index (χ1) is 10.4. The van der Waals surface area contributed by atoms with Gasteiger partial charge >= 0.3 is 0 Å². The minimum absolute atomic E-state index is 0.0507. The summed E-state index contributed by atoms with van der Waals surface area (Å²) < 4.78 is 5.16. The van der Waals surface area contributed by atoms with Gasteiger partial charge in [-0.2, -0.15) is 0 Å². The highest BCUT2D eigenvalue weighted by atomic mass is 16.5. The molecule has 1 aliphatic carbocycles. The van der Waals surface area contributed by atoms with Gasteiger partial charge in [0, 0.05) is 17.5 Å². The Morgan fingerprint density at radius 3 is 2.59 bits per heavy atom. The molecule has 1 aliphatic heterocycles. The fourth-order valence-corrected chi connectivity index (χ4v) is 4.05. The van der Waals surface area contributed by atoms with Gasteiger partial charge in [0.15, 0.2) is 0 Å². The smallest absolute Gasteiger partial charge is 0.268 e. The van der Waals surface area contributed by atoms with E-state index in [4.69, 9.17) is 4.74 Å². The fraction of sp³-hybridized carbons (Fsp3) is 0.611. The van der Waals surface area contributed by atoms with Gasteiger partial charge in [0.2, 0.25) is 0 Å². The van der Waals surface area contributed by atoms with E-state index in [1.165, 1.54) is 12.8 Å². The number of ether oxygens (including phenoxy) is 1. The highest BCUT2D eigenvalue weighted by Crippen LogP contribution is 2.43. The van der Waals surface area contributed by atoms with Crippen LogP contribution in [0.4, 0.5) is 0 Å². The molecule has 1 aromatic carbocycles. The number of amides is 1. The number of methoxy groups -OCH3 is 1. The molecule has 0 radical (unpaired) electrons. The lowest BCUT2D eigenvalue weighted by molar-refractivity contribution is 0.0482. The summed E-state index contributed by atoms with van der Waals surface area (Å²) in [5.41, 5.74) is 4.04. The fourth-order valence-electron chi connectivity index (χ4n) is 4.05. The van der Waals surface area contributed by atoms with Crippen molar-refractivity contribution in [2.24, 2.45) is 11.8 Å². The van der Waals surface area contributed by atoms with Gasteiger partial charge in [-0.15, -0.1) is 0 Å². The Morgan fingerprint density at radius 1 is 1.27 bits per heavy atom. The monoisotopic (exact) mass is 302 g/mol. The van der Waals surface area contributed by atoms with Crippen molar-refractivity contribution in [1.82, 2.24) is 10.4 Å². The molecule has 2 fully saturated rings. The number of carbonyl (C=O) groups excluding carboxylic acids is 1. The molecule has 3 rings (SSSR count). The number of nitrogens with zero attached hydrogens (tertiary/aromatic N) is 1. The van der Waals surface area contributed by atoms with Gasteiger partial charge in [-0.3, -0.25) is 9.80 Å². The predicted octanol–water partition coefficient (Wildman–Crippen LogP) is 3.24. The maximum Gasteiger partial charge on any atom is 0.268 e. The molecule has 4 heteroatoms. The molecule has 1 saturated heterocycles. The van der Waals surface area contributed by atoms with Crippen LogP contribution in [-0.2, 0) is 0 Å². The zero-order valence-electron chi connectivity index (χ0n) is 13.9. The summed E-state index contributed by atoms with van der Waals surface area (Å²) in [6.45, 7) is 6.67. The quantitative estimate of drug-likeness (QED) is 0.912. The number of hydrogen-bond donors (Lipinski definition) is 1. The van der Waals surface area contributed by atoms with Crippen LogP contribution in [0.25, 0.3) is 0 Å². The van der Waals surface area contributed by atoms with Crippen LogP contribution in [0.5, 0.6) is 5.75 Å². The van der Waals surface area contributed by atoms with Crippen molar-refractivity contribution in [3.05, 3.63) is 29.8 Å². The van der Waals surface area contributed by atoms with E-state index in [0.717, 1.165) is 18.1 Å².